The first kappa shape index (κ1) is 15.0. The van der Waals surface area contributed by atoms with Crippen molar-refractivity contribution in [2.24, 2.45) is 0 Å². The van der Waals surface area contributed by atoms with E-state index in [2.05, 4.69) is 29.7 Å². The van der Waals surface area contributed by atoms with Gasteiger partial charge < -0.3 is 4.74 Å². The zero-order valence-electron chi connectivity index (χ0n) is 9.22. The van der Waals surface area contributed by atoms with Gasteiger partial charge in [0, 0.05) is 12.3 Å². The Hall–Kier alpha value is -1.49. The lowest BCUT2D eigenvalue weighted by Gasteiger charge is -1.91. The molecule has 0 fully saturated rings. The van der Waals surface area contributed by atoms with Gasteiger partial charge in [-0.25, -0.2) is 4.79 Å². The van der Waals surface area contributed by atoms with Gasteiger partial charge in [-0.15, -0.1) is 13.2 Å². The zero-order chi connectivity index (χ0) is 11.4. The van der Waals surface area contributed by atoms with E-state index in [1.54, 1.807) is 6.92 Å². The number of allylic oxidation sites excluding steroid dienone is 2. The van der Waals surface area contributed by atoms with Gasteiger partial charge in [-0.05, 0) is 20.8 Å². The minimum absolute atomic E-state index is 0.385. The third kappa shape index (κ3) is 10.5. The van der Waals surface area contributed by atoms with Crippen molar-refractivity contribution in [1.82, 2.24) is 0 Å². The van der Waals surface area contributed by atoms with Crippen LogP contribution in [0.1, 0.15) is 27.2 Å². The minimum Gasteiger partial charge on any atom is -0.456 e. The summed E-state index contributed by atoms with van der Waals surface area (Å²) in [5.41, 5.74) is 1.16. The van der Waals surface area contributed by atoms with E-state index in [1.165, 1.54) is 0 Å². The molecule has 0 heterocycles. The van der Waals surface area contributed by atoms with Gasteiger partial charge in [0.2, 0.25) is 0 Å². The van der Waals surface area contributed by atoms with Gasteiger partial charge in [0.1, 0.15) is 0 Å². The molecule has 0 spiro atoms. The smallest absolute Gasteiger partial charge is 0.384 e. The number of hydrogen-bond donors (Lipinski definition) is 0. The molecule has 0 aliphatic heterocycles. The highest BCUT2D eigenvalue weighted by molar-refractivity contribution is 5.88. The summed E-state index contributed by atoms with van der Waals surface area (Å²) in [6.07, 6.45) is 2.61. The monoisotopic (exact) mass is 194 g/mol. The molecule has 2 heteroatoms. The summed E-state index contributed by atoms with van der Waals surface area (Å²) >= 11 is 0. The fourth-order valence-corrected chi connectivity index (χ4v) is 0.525. The molecule has 0 rings (SSSR count). The van der Waals surface area contributed by atoms with E-state index in [1.807, 2.05) is 19.9 Å². The highest BCUT2D eigenvalue weighted by Gasteiger charge is 1.91. The topological polar surface area (TPSA) is 26.3 Å². The van der Waals surface area contributed by atoms with E-state index < -0.39 is 5.97 Å². The van der Waals surface area contributed by atoms with Crippen LogP contribution in [0.5, 0.6) is 0 Å². The molecule has 0 saturated carbocycles. The van der Waals surface area contributed by atoms with Gasteiger partial charge >= 0.3 is 5.97 Å². The van der Waals surface area contributed by atoms with E-state index in [4.69, 9.17) is 0 Å². The van der Waals surface area contributed by atoms with E-state index >= 15 is 0 Å². The molecule has 0 aliphatic rings. The zero-order valence-corrected chi connectivity index (χ0v) is 9.22. The third-order valence-electron chi connectivity index (χ3n) is 1.33. The van der Waals surface area contributed by atoms with E-state index in [0.717, 1.165) is 5.57 Å². The number of carbonyl (C=O) groups is 1. The van der Waals surface area contributed by atoms with Crippen molar-refractivity contribution in [3.63, 3.8) is 0 Å². The maximum Gasteiger partial charge on any atom is 0.384 e. The molecule has 78 valence electrons. The number of esters is 1. The van der Waals surface area contributed by atoms with Crippen molar-refractivity contribution >= 4 is 5.97 Å². The molecule has 0 aromatic heterocycles. The molecule has 0 atom stereocenters. The lowest BCUT2D eigenvalue weighted by Crippen LogP contribution is -1.99. The molecule has 0 saturated heterocycles. The molecule has 0 aromatic carbocycles. The molecule has 0 aromatic rings. The molecule has 0 amide bonds. The first-order chi connectivity index (χ1) is 6.70. The number of ether oxygens (including phenoxy) is 1. The van der Waals surface area contributed by atoms with Gasteiger partial charge in [0.05, 0.1) is 6.61 Å². The van der Waals surface area contributed by atoms with Crippen molar-refractivity contribution in [1.29, 1.82) is 0 Å². The highest BCUT2D eigenvalue weighted by Crippen LogP contribution is 1.95. The summed E-state index contributed by atoms with van der Waals surface area (Å²) in [5.74, 6) is 4.68. The number of rotatable bonds is 2. The molecule has 2 nitrogen and oxygen atoms in total. The summed E-state index contributed by atoms with van der Waals surface area (Å²) in [6, 6.07) is 0. The predicted molar refractivity (Wildman–Crippen MR) is 59.7 cm³/mol. The summed E-state index contributed by atoms with van der Waals surface area (Å²) in [7, 11) is 0. The van der Waals surface area contributed by atoms with Crippen molar-refractivity contribution in [2.45, 2.75) is 27.2 Å². The average Bonchev–Trinajstić information content (AvgIpc) is 2.21. The fourth-order valence-electron chi connectivity index (χ4n) is 0.525. The second kappa shape index (κ2) is 11.5. The fraction of sp³-hybridized carbons (Fsp3) is 0.417. The van der Waals surface area contributed by atoms with Crippen LogP contribution in [0.15, 0.2) is 24.8 Å². The standard InChI is InChI=1S/C10H14O2.C2H4/c1-4-9(3)7-6-8-10(11)12-5-2;1-2/h4H,5,7H2,1-3H3;1-2H2/b9-4-;. The molecule has 0 N–H and O–H groups in total. The van der Waals surface area contributed by atoms with Crippen LogP contribution in [0, 0.1) is 11.8 Å². The lowest BCUT2D eigenvalue weighted by atomic mass is 10.2. The first-order valence-corrected chi connectivity index (χ1v) is 4.48. The van der Waals surface area contributed by atoms with Gasteiger partial charge in [-0.1, -0.05) is 17.6 Å². The second-order valence-corrected chi connectivity index (χ2v) is 2.33. The minimum atomic E-state index is -0.443. The van der Waals surface area contributed by atoms with Crippen molar-refractivity contribution in [3.8, 4) is 11.8 Å². The van der Waals surface area contributed by atoms with Crippen molar-refractivity contribution < 1.29 is 9.53 Å². The van der Waals surface area contributed by atoms with Crippen LogP contribution < -0.4 is 0 Å². The maximum atomic E-state index is 10.7. The Labute approximate surface area is 86.7 Å². The SMILES string of the molecule is C/C=C(/C)CC#CC(=O)OCC.C=C. The van der Waals surface area contributed by atoms with Crippen LogP contribution in [-0.4, -0.2) is 12.6 Å². The Bertz CT molecular complexity index is 241. The van der Waals surface area contributed by atoms with Crippen molar-refractivity contribution in [2.75, 3.05) is 6.61 Å². The van der Waals surface area contributed by atoms with Gasteiger partial charge in [-0.2, -0.15) is 0 Å². The average molecular weight is 194 g/mol. The molecule has 0 bridgehead atoms. The molecule has 0 aliphatic carbocycles. The van der Waals surface area contributed by atoms with Crippen LogP contribution in [0.4, 0.5) is 0 Å². The Morgan fingerprint density at radius 1 is 1.50 bits per heavy atom. The van der Waals surface area contributed by atoms with Crippen LogP contribution in [0.3, 0.4) is 0 Å². The van der Waals surface area contributed by atoms with Gasteiger partial charge in [0.25, 0.3) is 0 Å². The van der Waals surface area contributed by atoms with Gasteiger partial charge in [0.15, 0.2) is 0 Å². The van der Waals surface area contributed by atoms with E-state index in [0.29, 0.717) is 13.0 Å². The number of hydrogen-bond acceptors (Lipinski definition) is 2. The third-order valence-corrected chi connectivity index (χ3v) is 1.33. The van der Waals surface area contributed by atoms with Crippen LogP contribution in [0.25, 0.3) is 0 Å². The summed E-state index contributed by atoms with van der Waals surface area (Å²) < 4.78 is 4.63. The first-order valence-electron chi connectivity index (χ1n) is 4.48. The molecule has 14 heavy (non-hydrogen) atoms. The molecular weight excluding hydrogens is 176 g/mol. The normalized spacial score (nSPS) is 8.93. The van der Waals surface area contributed by atoms with E-state index in [9.17, 15) is 4.79 Å². The van der Waals surface area contributed by atoms with Crippen LogP contribution >= 0.6 is 0 Å². The Morgan fingerprint density at radius 3 is 2.50 bits per heavy atom. The summed E-state index contributed by atoms with van der Waals surface area (Å²) in [5, 5.41) is 0. The van der Waals surface area contributed by atoms with Crippen molar-refractivity contribution in [3.05, 3.63) is 24.8 Å². The second-order valence-electron chi connectivity index (χ2n) is 2.33. The Balaban J connectivity index is 0. The molecular formula is C12H18O2. The van der Waals surface area contributed by atoms with E-state index in [-0.39, 0.29) is 0 Å². The molecule has 0 unspecified atom stereocenters. The summed E-state index contributed by atoms with van der Waals surface area (Å²) in [6.45, 7) is 12.1. The Kier molecular flexibility index (Phi) is 12.3. The molecule has 0 radical (unpaired) electrons. The summed E-state index contributed by atoms with van der Waals surface area (Å²) in [4.78, 5) is 10.7. The number of carbonyl (C=O) groups excluding carboxylic acids is 1. The van der Waals surface area contributed by atoms with Gasteiger partial charge in [-0.3, -0.25) is 0 Å². The predicted octanol–water partition coefficient (Wildman–Crippen LogP) is 2.71. The lowest BCUT2D eigenvalue weighted by molar-refractivity contribution is -0.136. The maximum absolute atomic E-state index is 10.7. The Morgan fingerprint density at radius 2 is 2.07 bits per heavy atom. The quantitative estimate of drug-likeness (QED) is 0.292. The largest absolute Gasteiger partial charge is 0.456 e. The van der Waals surface area contributed by atoms with Crippen LogP contribution in [0.2, 0.25) is 0 Å². The van der Waals surface area contributed by atoms with Crippen LogP contribution in [-0.2, 0) is 9.53 Å². The highest BCUT2D eigenvalue weighted by atomic mass is 16.5.